The number of hydrogen-bond acceptors (Lipinski definition) is 9. The number of anilines is 2. The Morgan fingerprint density at radius 1 is 1.53 bits per heavy atom. The molecule has 0 radical (unpaired) electrons. The topological polar surface area (TPSA) is 145 Å². The van der Waals surface area contributed by atoms with Gasteiger partial charge in [0.2, 0.25) is 11.8 Å². The van der Waals surface area contributed by atoms with Crippen molar-refractivity contribution in [2.45, 2.75) is 13.8 Å². The van der Waals surface area contributed by atoms with Crippen LogP contribution >= 0.6 is 0 Å². The van der Waals surface area contributed by atoms with E-state index >= 15 is 0 Å². The third kappa shape index (κ3) is 3.74. The van der Waals surface area contributed by atoms with Crippen molar-refractivity contribution in [3.8, 4) is 0 Å². The minimum Gasteiger partial charge on any atom is -0.465 e. The van der Waals surface area contributed by atoms with Gasteiger partial charge in [-0.2, -0.15) is 4.98 Å². The van der Waals surface area contributed by atoms with Crippen molar-refractivity contribution in [3.63, 3.8) is 0 Å². The summed E-state index contributed by atoms with van der Waals surface area (Å²) >= 11 is 0. The first-order valence-electron chi connectivity index (χ1n) is 5.38. The Balaban J connectivity index is 2.99. The van der Waals surface area contributed by atoms with E-state index < -0.39 is 10.9 Å². The lowest BCUT2D eigenvalue weighted by Crippen LogP contribution is -2.20. The van der Waals surface area contributed by atoms with Crippen LogP contribution in [0.2, 0.25) is 0 Å². The zero-order chi connectivity index (χ0) is 14.4. The molecule has 0 amide bonds. The second-order valence-electron chi connectivity index (χ2n) is 3.39. The number of aryl methyl sites for hydroxylation is 1. The molecule has 4 N–H and O–H groups in total. The maximum absolute atomic E-state index is 11.2. The number of nitrogens with one attached hydrogen (secondary N) is 2. The van der Waals surface area contributed by atoms with Gasteiger partial charge in [-0.3, -0.25) is 20.3 Å². The van der Waals surface area contributed by atoms with Gasteiger partial charge in [-0.05, 0) is 13.8 Å². The van der Waals surface area contributed by atoms with Crippen molar-refractivity contribution in [2.75, 3.05) is 23.9 Å². The highest BCUT2D eigenvalue weighted by Crippen LogP contribution is 2.25. The summed E-state index contributed by atoms with van der Waals surface area (Å²) in [5, 5.41) is 13.5. The molecule has 0 aromatic carbocycles. The van der Waals surface area contributed by atoms with Crippen molar-refractivity contribution in [1.82, 2.24) is 9.97 Å². The maximum atomic E-state index is 11.2. The number of nitro groups is 1. The molecule has 0 bridgehead atoms. The van der Waals surface area contributed by atoms with Crippen molar-refractivity contribution in [1.29, 1.82) is 0 Å². The van der Waals surface area contributed by atoms with E-state index in [0.717, 1.165) is 0 Å². The van der Waals surface area contributed by atoms with Crippen LogP contribution in [0.1, 0.15) is 12.6 Å². The van der Waals surface area contributed by atoms with Gasteiger partial charge in [0.15, 0.2) is 0 Å². The second-order valence-corrected chi connectivity index (χ2v) is 3.39. The number of esters is 1. The Morgan fingerprint density at radius 3 is 2.74 bits per heavy atom. The molecule has 0 spiro atoms. The molecule has 19 heavy (non-hydrogen) atoms. The number of carbonyl (C=O) groups is 1. The van der Waals surface area contributed by atoms with Gasteiger partial charge in [0.25, 0.3) is 0 Å². The SMILES string of the molecule is CCOC(=O)CNc1nc(NN)nc(C)c1[N+](=O)[O-]. The van der Waals surface area contributed by atoms with Crippen molar-refractivity contribution < 1.29 is 14.5 Å². The lowest BCUT2D eigenvalue weighted by atomic mass is 10.3. The Bertz CT molecular complexity index is 492. The summed E-state index contributed by atoms with van der Waals surface area (Å²) in [6.45, 7) is 3.08. The second kappa shape index (κ2) is 6.44. The first-order chi connectivity index (χ1) is 8.99. The fraction of sp³-hybridized carbons (Fsp3) is 0.444. The Kier molecular flexibility index (Phi) is 4.94. The van der Waals surface area contributed by atoms with Gasteiger partial charge in [0.1, 0.15) is 12.2 Å². The van der Waals surface area contributed by atoms with E-state index in [1.54, 1.807) is 6.92 Å². The monoisotopic (exact) mass is 270 g/mol. The molecule has 10 nitrogen and oxygen atoms in total. The van der Waals surface area contributed by atoms with Gasteiger partial charge < -0.3 is 10.1 Å². The van der Waals surface area contributed by atoms with E-state index in [4.69, 9.17) is 10.6 Å². The molecule has 1 heterocycles. The van der Waals surface area contributed by atoms with Crippen LogP contribution in [0.5, 0.6) is 0 Å². The van der Waals surface area contributed by atoms with Gasteiger partial charge in [0, 0.05) is 0 Å². The van der Waals surface area contributed by atoms with E-state index in [-0.39, 0.29) is 36.3 Å². The fourth-order valence-corrected chi connectivity index (χ4v) is 1.34. The molecule has 0 aliphatic carbocycles. The highest BCUT2D eigenvalue weighted by Gasteiger charge is 2.22. The Morgan fingerprint density at radius 2 is 2.21 bits per heavy atom. The highest BCUT2D eigenvalue weighted by molar-refractivity contribution is 5.76. The van der Waals surface area contributed by atoms with Crippen molar-refractivity contribution in [2.24, 2.45) is 5.84 Å². The minimum absolute atomic E-state index is 0.00876. The molecule has 0 saturated carbocycles. The predicted molar refractivity (Wildman–Crippen MR) is 66.4 cm³/mol. The summed E-state index contributed by atoms with van der Waals surface area (Å²) in [4.78, 5) is 29.1. The number of nitrogens with two attached hydrogens (primary N) is 1. The quantitative estimate of drug-likeness (QED) is 0.280. The molecule has 0 aliphatic rings. The third-order valence-corrected chi connectivity index (χ3v) is 2.08. The average Bonchev–Trinajstić information content (AvgIpc) is 2.35. The molecule has 0 fully saturated rings. The minimum atomic E-state index is -0.636. The molecule has 0 aliphatic heterocycles. The summed E-state index contributed by atoms with van der Waals surface area (Å²) in [5.41, 5.74) is 1.99. The molecular weight excluding hydrogens is 256 g/mol. The Hall–Kier alpha value is -2.49. The number of nitrogens with zero attached hydrogens (tertiary/aromatic N) is 3. The van der Waals surface area contributed by atoms with E-state index in [1.807, 2.05) is 0 Å². The maximum Gasteiger partial charge on any atom is 0.332 e. The van der Waals surface area contributed by atoms with Crippen LogP contribution in [0, 0.1) is 17.0 Å². The van der Waals surface area contributed by atoms with Crippen LogP contribution in [0.15, 0.2) is 0 Å². The van der Waals surface area contributed by atoms with E-state index in [2.05, 4.69) is 20.7 Å². The molecule has 1 aromatic heterocycles. The fourth-order valence-electron chi connectivity index (χ4n) is 1.34. The lowest BCUT2D eigenvalue weighted by molar-refractivity contribution is -0.385. The van der Waals surface area contributed by atoms with Crippen LogP contribution in [0.3, 0.4) is 0 Å². The summed E-state index contributed by atoms with van der Waals surface area (Å²) in [6.07, 6.45) is 0. The number of hydrazine groups is 1. The van der Waals surface area contributed by atoms with Crippen LogP contribution in [0.25, 0.3) is 0 Å². The molecule has 1 aromatic rings. The number of rotatable bonds is 6. The number of ether oxygens (including phenoxy) is 1. The standard InChI is InChI=1S/C9H14N6O4/c1-3-19-6(16)4-11-8-7(15(17)18)5(2)12-9(13-8)14-10/h3-4,10H2,1-2H3,(H2,11,12,13,14). The third-order valence-electron chi connectivity index (χ3n) is 2.08. The van der Waals surface area contributed by atoms with Crippen molar-refractivity contribution >= 4 is 23.4 Å². The number of hydrogen-bond donors (Lipinski definition) is 3. The van der Waals surface area contributed by atoms with E-state index in [9.17, 15) is 14.9 Å². The number of carbonyl (C=O) groups excluding carboxylic acids is 1. The highest BCUT2D eigenvalue weighted by atomic mass is 16.6. The molecule has 104 valence electrons. The molecule has 10 heteroatoms. The van der Waals surface area contributed by atoms with Crippen molar-refractivity contribution in [3.05, 3.63) is 15.8 Å². The summed E-state index contributed by atoms with van der Waals surface area (Å²) in [6, 6.07) is 0. The molecule has 0 saturated heterocycles. The van der Waals surface area contributed by atoms with Crippen LogP contribution < -0.4 is 16.6 Å². The molecular formula is C9H14N6O4. The van der Waals surface area contributed by atoms with Crippen LogP contribution in [-0.4, -0.2) is 34.0 Å². The van der Waals surface area contributed by atoms with E-state index in [0.29, 0.717) is 0 Å². The largest absolute Gasteiger partial charge is 0.465 e. The van der Waals surface area contributed by atoms with Gasteiger partial charge in [0.05, 0.1) is 11.5 Å². The zero-order valence-corrected chi connectivity index (χ0v) is 10.5. The molecule has 0 atom stereocenters. The van der Waals surface area contributed by atoms with Gasteiger partial charge >= 0.3 is 11.7 Å². The Labute approximate surface area is 108 Å². The number of aromatic nitrogens is 2. The smallest absolute Gasteiger partial charge is 0.332 e. The first-order valence-corrected chi connectivity index (χ1v) is 5.38. The predicted octanol–water partition coefficient (Wildman–Crippen LogP) is -0.0462. The molecule has 1 rings (SSSR count). The zero-order valence-electron chi connectivity index (χ0n) is 10.5. The summed E-state index contributed by atoms with van der Waals surface area (Å²) in [7, 11) is 0. The number of nitrogen functional groups attached to an aromatic ring is 1. The van der Waals surface area contributed by atoms with Crippen LogP contribution in [0.4, 0.5) is 17.5 Å². The molecule has 0 unspecified atom stereocenters. The summed E-state index contributed by atoms with van der Waals surface area (Å²) in [5.74, 6) is 4.52. The normalized spacial score (nSPS) is 9.84. The summed E-state index contributed by atoms with van der Waals surface area (Å²) < 4.78 is 4.70. The van der Waals surface area contributed by atoms with E-state index in [1.165, 1.54) is 6.92 Å². The van der Waals surface area contributed by atoms with Gasteiger partial charge in [-0.1, -0.05) is 0 Å². The van der Waals surface area contributed by atoms with Crippen LogP contribution in [-0.2, 0) is 9.53 Å². The average molecular weight is 270 g/mol. The lowest BCUT2D eigenvalue weighted by Gasteiger charge is -2.08. The van der Waals surface area contributed by atoms with Gasteiger partial charge in [-0.15, -0.1) is 0 Å². The van der Waals surface area contributed by atoms with Gasteiger partial charge in [-0.25, -0.2) is 10.8 Å². The first kappa shape index (κ1) is 14.6.